The zero-order valence-corrected chi connectivity index (χ0v) is 15.5. The quantitative estimate of drug-likeness (QED) is 0.569. The van der Waals surface area contributed by atoms with Crippen LogP contribution >= 0.6 is 11.6 Å². The van der Waals surface area contributed by atoms with E-state index >= 15 is 0 Å². The van der Waals surface area contributed by atoms with Gasteiger partial charge in [0.1, 0.15) is 17.1 Å². The van der Waals surface area contributed by atoms with E-state index < -0.39 is 5.79 Å². The van der Waals surface area contributed by atoms with Crippen molar-refractivity contribution in [1.82, 2.24) is 14.5 Å². The molecule has 0 saturated heterocycles. The SMILES string of the molecule is CC(C)(O)O.CCNc1c(C#N)c(Cl)nc2c1ncn2C1CCCC1. The van der Waals surface area contributed by atoms with Gasteiger partial charge in [-0.15, -0.1) is 0 Å². The minimum Gasteiger partial charge on any atom is -0.382 e. The second-order valence-electron chi connectivity index (χ2n) is 6.55. The maximum atomic E-state index is 9.25. The van der Waals surface area contributed by atoms with Crippen LogP contribution in [0.15, 0.2) is 6.33 Å². The summed E-state index contributed by atoms with van der Waals surface area (Å²) < 4.78 is 2.11. The maximum Gasteiger partial charge on any atom is 0.164 e. The Morgan fingerprint density at radius 1 is 1.40 bits per heavy atom. The van der Waals surface area contributed by atoms with Gasteiger partial charge in [0, 0.05) is 12.6 Å². The van der Waals surface area contributed by atoms with E-state index in [4.69, 9.17) is 21.8 Å². The van der Waals surface area contributed by atoms with Gasteiger partial charge in [-0.25, -0.2) is 9.97 Å². The number of imidazole rings is 1. The molecule has 0 bridgehead atoms. The number of aliphatic hydroxyl groups is 2. The number of halogens is 1. The molecule has 8 heteroatoms. The molecule has 25 heavy (non-hydrogen) atoms. The third kappa shape index (κ3) is 4.82. The van der Waals surface area contributed by atoms with Crippen LogP contribution in [0, 0.1) is 11.3 Å². The highest BCUT2D eigenvalue weighted by molar-refractivity contribution is 6.31. The monoisotopic (exact) mass is 365 g/mol. The molecule has 2 heterocycles. The second kappa shape index (κ2) is 8.00. The lowest BCUT2D eigenvalue weighted by molar-refractivity contribution is -0.127. The fourth-order valence-electron chi connectivity index (χ4n) is 2.91. The fourth-order valence-corrected chi connectivity index (χ4v) is 3.13. The van der Waals surface area contributed by atoms with Crippen molar-refractivity contribution >= 4 is 28.5 Å². The van der Waals surface area contributed by atoms with Crippen LogP contribution in [0.3, 0.4) is 0 Å². The van der Waals surface area contributed by atoms with E-state index in [-0.39, 0.29) is 5.15 Å². The summed E-state index contributed by atoms with van der Waals surface area (Å²) in [6.07, 6.45) is 6.62. The average Bonchev–Trinajstić information content (AvgIpc) is 3.14. The number of pyridine rings is 1. The van der Waals surface area contributed by atoms with Gasteiger partial charge in [-0.2, -0.15) is 5.26 Å². The molecule has 0 unspecified atom stereocenters. The van der Waals surface area contributed by atoms with Gasteiger partial charge in [0.05, 0.1) is 12.0 Å². The van der Waals surface area contributed by atoms with Crippen molar-refractivity contribution in [1.29, 1.82) is 5.26 Å². The average molecular weight is 366 g/mol. The van der Waals surface area contributed by atoms with E-state index in [2.05, 4.69) is 25.9 Å². The minimum atomic E-state index is -1.50. The molecule has 1 aliphatic carbocycles. The molecule has 2 aromatic heterocycles. The van der Waals surface area contributed by atoms with Gasteiger partial charge in [-0.3, -0.25) is 0 Å². The first kappa shape index (κ1) is 19.4. The Morgan fingerprint density at radius 3 is 2.52 bits per heavy atom. The Labute approximate surface area is 152 Å². The van der Waals surface area contributed by atoms with Gasteiger partial charge >= 0.3 is 0 Å². The largest absolute Gasteiger partial charge is 0.382 e. The molecule has 1 saturated carbocycles. The van der Waals surface area contributed by atoms with E-state index in [0.29, 0.717) is 23.8 Å². The van der Waals surface area contributed by atoms with Crippen LogP contribution < -0.4 is 5.32 Å². The minimum absolute atomic E-state index is 0.246. The van der Waals surface area contributed by atoms with Crippen molar-refractivity contribution < 1.29 is 10.2 Å². The molecule has 0 atom stereocenters. The van der Waals surface area contributed by atoms with E-state index in [0.717, 1.165) is 24.0 Å². The molecule has 0 aromatic carbocycles. The molecular weight excluding hydrogens is 342 g/mol. The normalized spacial score (nSPS) is 14.9. The number of hydrogen-bond acceptors (Lipinski definition) is 6. The molecule has 1 aliphatic rings. The number of nitrogens with zero attached hydrogens (tertiary/aromatic N) is 4. The van der Waals surface area contributed by atoms with Crippen LogP contribution in [-0.4, -0.2) is 37.1 Å². The van der Waals surface area contributed by atoms with Gasteiger partial charge in [-0.1, -0.05) is 24.4 Å². The van der Waals surface area contributed by atoms with Crippen molar-refractivity contribution in [2.24, 2.45) is 0 Å². The summed E-state index contributed by atoms with van der Waals surface area (Å²) in [7, 11) is 0. The zero-order valence-electron chi connectivity index (χ0n) is 14.8. The van der Waals surface area contributed by atoms with E-state index in [1.54, 1.807) is 0 Å². The van der Waals surface area contributed by atoms with Crippen LogP contribution in [0.5, 0.6) is 0 Å². The summed E-state index contributed by atoms with van der Waals surface area (Å²) >= 11 is 6.17. The Hall–Kier alpha value is -1.88. The molecule has 136 valence electrons. The van der Waals surface area contributed by atoms with Crippen LogP contribution in [0.25, 0.3) is 11.2 Å². The van der Waals surface area contributed by atoms with Gasteiger partial charge in [-0.05, 0) is 33.6 Å². The Morgan fingerprint density at radius 2 is 2.00 bits per heavy atom. The predicted octanol–water partition coefficient (Wildman–Crippen LogP) is 3.21. The molecule has 3 N–H and O–H groups in total. The Bertz CT molecular complexity index is 764. The van der Waals surface area contributed by atoms with Crippen molar-refractivity contribution in [2.75, 3.05) is 11.9 Å². The number of rotatable bonds is 3. The van der Waals surface area contributed by atoms with Crippen LogP contribution in [0.1, 0.15) is 58.1 Å². The lowest BCUT2D eigenvalue weighted by Gasteiger charge is -2.13. The van der Waals surface area contributed by atoms with Crippen LogP contribution in [0.4, 0.5) is 5.69 Å². The molecule has 7 nitrogen and oxygen atoms in total. The fraction of sp³-hybridized carbons (Fsp3) is 0.588. The third-order valence-corrected chi connectivity index (χ3v) is 4.12. The number of anilines is 1. The topological polar surface area (TPSA) is 107 Å². The van der Waals surface area contributed by atoms with E-state index in [1.165, 1.54) is 26.7 Å². The first-order valence-corrected chi connectivity index (χ1v) is 8.78. The smallest absolute Gasteiger partial charge is 0.164 e. The van der Waals surface area contributed by atoms with Crippen molar-refractivity contribution in [3.05, 3.63) is 17.0 Å². The molecule has 1 fully saturated rings. The molecule has 0 spiro atoms. The summed E-state index contributed by atoms with van der Waals surface area (Å²) in [5, 5.41) is 28.8. The summed E-state index contributed by atoms with van der Waals surface area (Å²) in [4.78, 5) is 8.86. The molecule has 3 rings (SSSR count). The number of nitrogens with one attached hydrogen (secondary N) is 1. The van der Waals surface area contributed by atoms with Gasteiger partial charge < -0.3 is 20.1 Å². The highest BCUT2D eigenvalue weighted by Crippen LogP contribution is 2.35. The van der Waals surface area contributed by atoms with E-state index in [1.807, 2.05) is 13.3 Å². The Balaban J connectivity index is 0.000000399. The summed E-state index contributed by atoms with van der Waals surface area (Å²) in [6.45, 7) is 5.29. The molecule has 0 amide bonds. The van der Waals surface area contributed by atoms with Crippen LogP contribution in [0.2, 0.25) is 5.15 Å². The molecule has 0 aliphatic heterocycles. The van der Waals surface area contributed by atoms with Crippen molar-refractivity contribution in [2.45, 2.75) is 58.3 Å². The summed E-state index contributed by atoms with van der Waals surface area (Å²) in [5.41, 5.74) is 2.58. The lowest BCUT2D eigenvalue weighted by Crippen LogP contribution is -2.15. The van der Waals surface area contributed by atoms with E-state index in [9.17, 15) is 5.26 Å². The third-order valence-electron chi connectivity index (χ3n) is 3.85. The number of hydrogen-bond donors (Lipinski definition) is 3. The van der Waals surface area contributed by atoms with Crippen molar-refractivity contribution in [3.8, 4) is 6.07 Å². The standard InChI is InChI=1S/C14H16ClN5.C3H8O2/c1-2-17-11-10(7-16)13(15)19-14-12(11)18-8-20(14)9-5-3-4-6-9;1-3(2,4)5/h8-9H,2-6H2,1H3,(H,17,19);4-5H,1-2H3. The number of aromatic nitrogens is 3. The highest BCUT2D eigenvalue weighted by atomic mass is 35.5. The first-order valence-electron chi connectivity index (χ1n) is 8.41. The summed E-state index contributed by atoms with van der Waals surface area (Å²) in [5.74, 6) is -1.50. The summed E-state index contributed by atoms with van der Waals surface area (Å²) in [6, 6.07) is 2.56. The molecular formula is C17H24ClN5O2. The zero-order chi connectivity index (χ0) is 18.6. The van der Waals surface area contributed by atoms with Gasteiger partial charge in [0.2, 0.25) is 0 Å². The number of fused-ring (bicyclic) bond motifs is 1. The molecule has 2 aromatic rings. The number of nitriles is 1. The Kier molecular flexibility index (Phi) is 6.22. The molecule has 0 radical (unpaired) electrons. The van der Waals surface area contributed by atoms with Crippen LogP contribution in [-0.2, 0) is 0 Å². The van der Waals surface area contributed by atoms with Crippen molar-refractivity contribution in [3.63, 3.8) is 0 Å². The lowest BCUT2D eigenvalue weighted by atomic mass is 10.2. The highest BCUT2D eigenvalue weighted by Gasteiger charge is 2.23. The second-order valence-corrected chi connectivity index (χ2v) is 6.91. The predicted molar refractivity (Wildman–Crippen MR) is 97.4 cm³/mol. The first-order chi connectivity index (χ1) is 11.8. The van der Waals surface area contributed by atoms with Gasteiger partial charge in [0.25, 0.3) is 0 Å². The maximum absolute atomic E-state index is 9.25. The van der Waals surface area contributed by atoms with Gasteiger partial charge in [0.15, 0.2) is 16.6 Å².